The molecule has 1 unspecified atom stereocenters. The van der Waals surface area contributed by atoms with Crippen LogP contribution >= 0.6 is 0 Å². The first-order valence-corrected chi connectivity index (χ1v) is 5.76. The number of allylic oxidation sites excluding steroid dienone is 1. The molecule has 2 N–H and O–H groups in total. The Kier molecular flexibility index (Phi) is 3.56. The number of hydrogen-bond acceptors (Lipinski definition) is 2. The molecule has 0 saturated heterocycles. The van der Waals surface area contributed by atoms with Crippen LogP contribution in [0.1, 0.15) is 43.7 Å². The van der Waals surface area contributed by atoms with Crippen LogP contribution in [0.3, 0.4) is 0 Å². The highest BCUT2D eigenvalue weighted by molar-refractivity contribution is 5.24. The van der Waals surface area contributed by atoms with Crippen LogP contribution in [0.2, 0.25) is 0 Å². The molecule has 0 aliphatic heterocycles. The average molecular weight is 205 g/mol. The lowest BCUT2D eigenvalue weighted by molar-refractivity contribution is 0.629. The van der Waals surface area contributed by atoms with E-state index in [2.05, 4.69) is 21.6 Å². The lowest BCUT2D eigenvalue weighted by atomic mass is 9.98. The SMILES string of the molecule is CNC(C1=CCCCCC1)c1cn[nH]c1. The first-order valence-electron chi connectivity index (χ1n) is 5.76. The van der Waals surface area contributed by atoms with Gasteiger partial charge in [0.2, 0.25) is 0 Å². The topological polar surface area (TPSA) is 40.7 Å². The summed E-state index contributed by atoms with van der Waals surface area (Å²) in [6.07, 6.45) is 12.8. The monoisotopic (exact) mass is 205 g/mol. The van der Waals surface area contributed by atoms with Crippen LogP contribution in [0.5, 0.6) is 0 Å². The molecule has 2 rings (SSSR count). The van der Waals surface area contributed by atoms with E-state index >= 15 is 0 Å². The fraction of sp³-hybridized carbons (Fsp3) is 0.583. The summed E-state index contributed by atoms with van der Waals surface area (Å²) in [5.74, 6) is 0. The lowest BCUT2D eigenvalue weighted by Gasteiger charge is -2.17. The molecule has 1 atom stereocenters. The number of H-pyrrole nitrogens is 1. The number of rotatable bonds is 3. The van der Waals surface area contributed by atoms with Gasteiger partial charge in [0.1, 0.15) is 0 Å². The van der Waals surface area contributed by atoms with E-state index in [0.717, 1.165) is 0 Å². The summed E-state index contributed by atoms with van der Waals surface area (Å²) < 4.78 is 0. The van der Waals surface area contributed by atoms with Crippen molar-refractivity contribution in [2.75, 3.05) is 7.05 Å². The van der Waals surface area contributed by atoms with Crippen molar-refractivity contribution in [2.45, 2.75) is 38.1 Å². The van der Waals surface area contributed by atoms with Crippen molar-refractivity contribution >= 4 is 0 Å². The number of likely N-dealkylation sites (N-methyl/N-ethyl adjacent to an activating group) is 1. The van der Waals surface area contributed by atoms with Gasteiger partial charge in [0, 0.05) is 11.8 Å². The Bertz CT molecular complexity index is 314. The molecule has 0 fully saturated rings. The second kappa shape index (κ2) is 5.12. The van der Waals surface area contributed by atoms with Gasteiger partial charge in [-0.05, 0) is 32.7 Å². The van der Waals surface area contributed by atoms with Crippen LogP contribution in [-0.2, 0) is 0 Å². The van der Waals surface area contributed by atoms with Crippen molar-refractivity contribution in [1.82, 2.24) is 15.5 Å². The van der Waals surface area contributed by atoms with Crippen LogP contribution in [0.15, 0.2) is 24.0 Å². The molecule has 0 saturated carbocycles. The molecule has 1 aliphatic carbocycles. The Balaban J connectivity index is 2.15. The standard InChI is InChI=1S/C12H19N3/c1-13-12(11-8-14-15-9-11)10-6-4-2-3-5-7-10/h6,8-9,12-13H,2-5,7H2,1H3,(H,14,15). The Morgan fingerprint density at radius 2 is 2.33 bits per heavy atom. The van der Waals surface area contributed by atoms with Crippen molar-refractivity contribution in [3.05, 3.63) is 29.6 Å². The second-order valence-electron chi connectivity index (χ2n) is 4.13. The Hall–Kier alpha value is -1.09. The van der Waals surface area contributed by atoms with Crippen molar-refractivity contribution in [3.8, 4) is 0 Å². The van der Waals surface area contributed by atoms with Gasteiger partial charge in [-0.25, -0.2) is 0 Å². The molecule has 0 radical (unpaired) electrons. The zero-order valence-electron chi connectivity index (χ0n) is 9.29. The summed E-state index contributed by atoms with van der Waals surface area (Å²) in [4.78, 5) is 0. The van der Waals surface area contributed by atoms with Gasteiger partial charge in [-0.2, -0.15) is 5.10 Å². The maximum Gasteiger partial charge on any atom is 0.0564 e. The van der Waals surface area contributed by atoms with E-state index in [1.165, 1.54) is 43.2 Å². The van der Waals surface area contributed by atoms with Crippen LogP contribution < -0.4 is 5.32 Å². The minimum absolute atomic E-state index is 0.349. The fourth-order valence-corrected chi connectivity index (χ4v) is 2.29. The third-order valence-electron chi connectivity index (χ3n) is 3.09. The van der Waals surface area contributed by atoms with E-state index in [9.17, 15) is 0 Å². The average Bonchev–Trinajstić information content (AvgIpc) is 2.63. The molecular formula is C12H19N3. The molecule has 1 aromatic heterocycles. The van der Waals surface area contributed by atoms with Gasteiger partial charge < -0.3 is 5.32 Å². The maximum absolute atomic E-state index is 4.02. The Morgan fingerprint density at radius 3 is 3.07 bits per heavy atom. The van der Waals surface area contributed by atoms with Crippen LogP contribution in [0.25, 0.3) is 0 Å². The fourth-order valence-electron chi connectivity index (χ4n) is 2.29. The number of aromatic nitrogens is 2. The zero-order valence-corrected chi connectivity index (χ0v) is 9.29. The van der Waals surface area contributed by atoms with Gasteiger partial charge in [-0.1, -0.05) is 18.1 Å². The second-order valence-corrected chi connectivity index (χ2v) is 4.13. The van der Waals surface area contributed by atoms with Gasteiger partial charge >= 0.3 is 0 Å². The van der Waals surface area contributed by atoms with Gasteiger partial charge in [-0.15, -0.1) is 0 Å². The normalized spacial score (nSPS) is 19.4. The number of aromatic amines is 1. The zero-order chi connectivity index (χ0) is 10.5. The van der Waals surface area contributed by atoms with E-state index in [4.69, 9.17) is 0 Å². The molecule has 3 nitrogen and oxygen atoms in total. The van der Waals surface area contributed by atoms with Crippen molar-refractivity contribution in [1.29, 1.82) is 0 Å². The van der Waals surface area contributed by atoms with E-state index in [-0.39, 0.29) is 0 Å². The Labute approximate surface area is 91.0 Å². The van der Waals surface area contributed by atoms with E-state index in [1.54, 1.807) is 0 Å². The van der Waals surface area contributed by atoms with E-state index in [0.29, 0.717) is 6.04 Å². The van der Waals surface area contributed by atoms with Gasteiger partial charge in [0.05, 0.1) is 12.2 Å². The molecule has 0 bridgehead atoms. The molecule has 3 heteroatoms. The van der Waals surface area contributed by atoms with E-state index < -0.39 is 0 Å². The summed E-state index contributed by atoms with van der Waals surface area (Å²) in [5.41, 5.74) is 2.77. The maximum atomic E-state index is 4.02. The summed E-state index contributed by atoms with van der Waals surface area (Å²) >= 11 is 0. The third-order valence-corrected chi connectivity index (χ3v) is 3.09. The summed E-state index contributed by atoms with van der Waals surface area (Å²) in [6.45, 7) is 0. The third kappa shape index (κ3) is 2.48. The minimum Gasteiger partial charge on any atom is -0.310 e. The first kappa shape index (κ1) is 10.4. The molecule has 15 heavy (non-hydrogen) atoms. The van der Waals surface area contributed by atoms with Crippen molar-refractivity contribution in [2.24, 2.45) is 0 Å². The Morgan fingerprint density at radius 1 is 1.40 bits per heavy atom. The highest BCUT2D eigenvalue weighted by atomic mass is 15.1. The number of nitrogens with zero attached hydrogens (tertiary/aromatic N) is 1. The quantitative estimate of drug-likeness (QED) is 0.744. The molecule has 0 spiro atoms. The van der Waals surface area contributed by atoms with Gasteiger partial charge in [-0.3, -0.25) is 5.10 Å². The smallest absolute Gasteiger partial charge is 0.0564 e. The minimum atomic E-state index is 0.349. The molecule has 1 aliphatic rings. The molecule has 0 amide bonds. The predicted molar refractivity (Wildman–Crippen MR) is 61.6 cm³/mol. The summed E-state index contributed by atoms with van der Waals surface area (Å²) in [5, 5.41) is 10.3. The van der Waals surface area contributed by atoms with Crippen molar-refractivity contribution < 1.29 is 0 Å². The number of hydrogen-bond donors (Lipinski definition) is 2. The molecular weight excluding hydrogens is 186 g/mol. The highest BCUT2D eigenvalue weighted by Crippen LogP contribution is 2.28. The lowest BCUT2D eigenvalue weighted by Crippen LogP contribution is -2.18. The highest BCUT2D eigenvalue weighted by Gasteiger charge is 2.16. The molecule has 1 heterocycles. The summed E-state index contributed by atoms with van der Waals surface area (Å²) in [7, 11) is 2.02. The van der Waals surface area contributed by atoms with E-state index in [1.807, 2.05) is 19.4 Å². The van der Waals surface area contributed by atoms with Crippen LogP contribution in [0, 0.1) is 0 Å². The van der Waals surface area contributed by atoms with Crippen LogP contribution in [0.4, 0.5) is 0 Å². The molecule has 1 aromatic rings. The summed E-state index contributed by atoms with van der Waals surface area (Å²) in [6, 6.07) is 0.349. The van der Waals surface area contributed by atoms with Gasteiger partial charge in [0.15, 0.2) is 0 Å². The van der Waals surface area contributed by atoms with Gasteiger partial charge in [0.25, 0.3) is 0 Å². The predicted octanol–water partition coefficient (Wildman–Crippen LogP) is 2.56. The first-order chi connectivity index (χ1) is 7.42. The molecule has 82 valence electrons. The number of nitrogens with one attached hydrogen (secondary N) is 2. The van der Waals surface area contributed by atoms with Crippen LogP contribution in [-0.4, -0.2) is 17.2 Å². The largest absolute Gasteiger partial charge is 0.310 e. The van der Waals surface area contributed by atoms with Crippen molar-refractivity contribution in [3.63, 3.8) is 0 Å². The molecule has 0 aromatic carbocycles.